The smallest absolute Gasteiger partial charge is 0.270 e. The molecule has 1 atom stereocenters. The van der Waals surface area contributed by atoms with Crippen LogP contribution in [0.5, 0.6) is 0 Å². The summed E-state index contributed by atoms with van der Waals surface area (Å²) in [5.41, 5.74) is 0.832. The molecule has 1 aromatic carbocycles. The van der Waals surface area contributed by atoms with Crippen molar-refractivity contribution in [2.75, 3.05) is 11.9 Å². The maximum Gasteiger partial charge on any atom is 0.270 e. The van der Waals surface area contributed by atoms with E-state index in [4.69, 9.17) is 5.11 Å². The van der Waals surface area contributed by atoms with E-state index in [0.29, 0.717) is 10.9 Å². The SMILES string of the molecule is C[C@@H](CCO)Nc1ccc([N+](=O)[O-])cc1Br. The summed E-state index contributed by atoms with van der Waals surface area (Å²) in [4.78, 5) is 10.1. The highest BCUT2D eigenvalue weighted by molar-refractivity contribution is 9.10. The van der Waals surface area contributed by atoms with Crippen molar-refractivity contribution in [1.82, 2.24) is 0 Å². The lowest BCUT2D eigenvalue weighted by atomic mass is 10.2. The second kappa shape index (κ2) is 5.81. The Morgan fingerprint density at radius 1 is 1.62 bits per heavy atom. The van der Waals surface area contributed by atoms with Crippen LogP contribution < -0.4 is 5.32 Å². The Bertz CT molecular complexity index is 384. The van der Waals surface area contributed by atoms with Crippen LogP contribution in [0, 0.1) is 10.1 Å². The zero-order valence-corrected chi connectivity index (χ0v) is 10.4. The molecule has 88 valence electrons. The highest BCUT2D eigenvalue weighted by Crippen LogP contribution is 2.27. The molecule has 0 aliphatic heterocycles. The standard InChI is InChI=1S/C10H13BrN2O3/c1-7(4-5-14)12-10-3-2-8(13(15)16)6-9(10)11/h2-3,6-7,12,14H,4-5H2,1H3/t7-/m0/s1. The molecule has 0 aromatic heterocycles. The first-order valence-corrected chi connectivity index (χ1v) is 5.65. The number of hydrogen-bond donors (Lipinski definition) is 2. The molecule has 0 unspecified atom stereocenters. The molecule has 5 nitrogen and oxygen atoms in total. The van der Waals surface area contributed by atoms with Gasteiger partial charge in [-0.15, -0.1) is 0 Å². The predicted molar refractivity (Wildman–Crippen MR) is 65.6 cm³/mol. The molecule has 1 aromatic rings. The fraction of sp³-hybridized carbons (Fsp3) is 0.400. The second-order valence-electron chi connectivity index (χ2n) is 3.48. The molecular formula is C10H13BrN2O3. The van der Waals surface area contributed by atoms with Gasteiger partial charge in [0.1, 0.15) is 0 Å². The summed E-state index contributed by atoms with van der Waals surface area (Å²) in [7, 11) is 0. The summed E-state index contributed by atoms with van der Waals surface area (Å²) in [5, 5.41) is 22.4. The fourth-order valence-electron chi connectivity index (χ4n) is 1.27. The second-order valence-corrected chi connectivity index (χ2v) is 4.33. The topological polar surface area (TPSA) is 75.4 Å². The molecule has 2 N–H and O–H groups in total. The number of nitrogens with one attached hydrogen (secondary N) is 1. The quantitative estimate of drug-likeness (QED) is 0.645. The van der Waals surface area contributed by atoms with Crippen LogP contribution in [0.2, 0.25) is 0 Å². The van der Waals surface area contributed by atoms with Crippen molar-refractivity contribution in [2.24, 2.45) is 0 Å². The Hall–Kier alpha value is -1.14. The van der Waals surface area contributed by atoms with Gasteiger partial charge >= 0.3 is 0 Å². The Morgan fingerprint density at radius 3 is 2.81 bits per heavy atom. The monoisotopic (exact) mass is 288 g/mol. The first-order chi connectivity index (χ1) is 7.54. The highest BCUT2D eigenvalue weighted by Gasteiger charge is 2.10. The summed E-state index contributed by atoms with van der Waals surface area (Å²) in [6, 6.07) is 4.66. The maximum absolute atomic E-state index is 10.5. The van der Waals surface area contributed by atoms with E-state index < -0.39 is 4.92 Å². The molecular weight excluding hydrogens is 276 g/mol. The molecule has 0 amide bonds. The van der Waals surface area contributed by atoms with E-state index in [1.54, 1.807) is 6.07 Å². The number of nitro groups is 1. The van der Waals surface area contributed by atoms with E-state index in [0.717, 1.165) is 5.69 Å². The van der Waals surface area contributed by atoms with Crippen molar-refractivity contribution in [3.8, 4) is 0 Å². The van der Waals surface area contributed by atoms with Gasteiger partial charge in [-0.3, -0.25) is 10.1 Å². The van der Waals surface area contributed by atoms with E-state index in [9.17, 15) is 10.1 Å². The van der Waals surface area contributed by atoms with Gasteiger partial charge in [0.2, 0.25) is 0 Å². The lowest BCUT2D eigenvalue weighted by Gasteiger charge is -2.14. The summed E-state index contributed by atoms with van der Waals surface area (Å²) in [6.45, 7) is 2.04. The first kappa shape index (κ1) is 12.9. The van der Waals surface area contributed by atoms with Crippen LogP contribution in [-0.2, 0) is 0 Å². The van der Waals surface area contributed by atoms with E-state index in [1.807, 2.05) is 6.92 Å². The summed E-state index contributed by atoms with van der Waals surface area (Å²) in [6.07, 6.45) is 0.628. The summed E-state index contributed by atoms with van der Waals surface area (Å²) < 4.78 is 0.645. The molecule has 0 spiro atoms. The van der Waals surface area contributed by atoms with E-state index >= 15 is 0 Å². The van der Waals surface area contributed by atoms with Gasteiger partial charge in [0.15, 0.2) is 0 Å². The number of aliphatic hydroxyl groups is 1. The minimum absolute atomic E-state index is 0.0484. The number of hydrogen-bond acceptors (Lipinski definition) is 4. The van der Waals surface area contributed by atoms with E-state index in [-0.39, 0.29) is 18.3 Å². The predicted octanol–water partition coefficient (Wildman–Crippen LogP) is 2.54. The minimum Gasteiger partial charge on any atom is -0.396 e. The van der Waals surface area contributed by atoms with Crippen LogP contribution in [0.25, 0.3) is 0 Å². The van der Waals surface area contributed by atoms with Gasteiger partial charge in [0.25, 0.3) is 5.69 Å². The zero-order chi connectivity index (χ0) is 12.1. The number of nitrogens with zero attached hydrogens (tertiary/aromatic N) is 1. The first-order valence-electron chi connectivity index (χ1n) is 4.86. The number of rotatable bonds is 5. The molecule has 1 rings (SSSR count). The van der Waals surface area contributed by atoms with Crippen LogP contribution in [-0.4, -0.2) is 22.7 Å². The van der Waals surface area contributed by atoms with Crippen LogP contribution >= 0.6 is 15.9 Å². The molecule has 0 saturated carbocycles. The van der Waals surface area contributed by atoms with Crippen LogP contribution in [0.4, 0.5) is 11.4 Å². The number of halogens is 1. The normalized spacial score (nSPS) is 12.2. The maximum atomic E-state index is 10.5. The Balaban J connectivity index is 2.79. The number of non-ortho nitro benzene ring substituents is 1. The van der Waals surface area contributed by atoms with Gasteiger partial charge in [-0.25, -0.2) is 0 Å². The van der Waals surface area contributed by atoms with Crippen LogP contribution in [0.1, 0.15) is 13.3 Å². The van der Waals surface area contributed by atoms with Crippen molar-refractivity contribution in [1.29, 1.82) is 0 Å². The number of aliphatic hydroxyl groups excluding tert-OH is 1. The average Bonchev–Trinajstić information content (AvgIpc) is 2.21. The van der Waals surface area contributed by atoms with E-state index in [2.05, 4.69) is 21.2 Å². The molecule has 0 fully saturated rings. The van der Waals surface area contributed by atoms with Gasteiger partial charge < -0.3 is 10.4 Å². The molecule has 6 heteroatoms. The molecule has 0 bridgehead atoms. The van der Waals surface area contributed by atoms with Crippen molar-refractivity contribution in [2.45, 2.75) is 19.4 Å². The number of benzene rings is 1. The molecule has 0 heterocycles. The molecule has 0 aliphatic carbocycles. The average molecular weight is 289 g/mol. The Kier molecular flexibility index (Phi) is 4.70. The summed E-state index contributed by atoms with van der Waals surface area (Å²) in [5.74, 6) is 0. The van der Waals surface area contributed by atoms with Gasteiger partial charge in [-0.05, 0) is 35.3 Å². The lowest BCUT2D eigenvalue weighted by molar-refractivity contribution is -0.384. The van der Waals surface area contributed by atoms with Crippen molar-refractivity contribution >= 4 is 27.3 Å². The van der Waals surface area contributed by atoms with E-state index in [1.165, 1.54) is 12.1 Å². The zero-order valence-electron chi connectivity index (χ0n) is 8.81. The Morgan fingerprint density at radius 2 is 2.31 bits per heavy atom. The van der Waals surface area contributed by atoms with Gasteiger partial charge in [-0.1, -0.05) is 0 Å². The lowest BCUT2D eigenvalue weighted by Crippen LogP contribution is -2.16. The fourth-order valence-corrected chi connectivity index (χ4v) is 1.75. The van der Waals surface area contributed by atoms with Gasteiger partial charge in [0, 0.05) is 34.9 Å². The van der Waals surface area contributed by atoms with Crippen molar-refractivity contribution in [3.63, 3.8) is 0 Å². The third kappa shape index (κ3) is 3.46. The molecule has 0 radical (unpaired) electrons. The van der Waals surface area contributed by atoms with Gasteiger partial charge in [0.05, 0.1) is 4.92 Å². The molecule has 0 aliphatic rings. The molecule has 16 heavy (non-hydrogen) atoms. The minimum atomic E-state index is -0.439. The van der Waals surface area contributed by atoms with Crippen LogP contribution in [0.3, 0.4) is 0 Å². The molecule has 0 saturated heterocycles. The third-order valence-corrected chi connectivity index (χ3v) is 2.78. The summed E-state index contributed by atoms with van der Waals surface area (Å²) >= 11 is 3.27. The number of nitro benzene ring substituents is 1. The Labute approximate surface area is 102 Å². The van der Waals surface area contributed by atoms with Crippen molar-refractivity contribution in [3.05, 3.63) is 32.8 Å². The van der Waals surface area contributed by atoms with Crippen molar-refractivity contribution < 1.29 is 10.0 Å². The van der Waals surface area contributed by atoms with Crippen LogP contribution in [0.15, 0.2) is 22.7 Å². The van der Waals surface area contributed by atoms with Gasteiger partial charge in [-0.2, -0.15) is 0 Å². The number of anilines is 1. The highest BCUT2D eigenvalue weighted by atomic mass is 79.9. The third-order valence-electron chi connectivity index (χ3n) is 2.13. The largest absolute Gasteiger partial charge is 0.396 e.